The van der Waals surface area contributed by atoms with E-state index in [0.29, 0.717) is 23.1 Å². The molecule has 1 amide bonds. The molecule has 0 aliphatic carbocycles. The van der Waals surface area contributed by atoms with E-state index in [1.165, 1.54) is 26.0 Å². The third kappa shape index (κ3) is 5.56. The molecule has 0 fully saturated rings. The summed E-state index contributed by atoms with van der Waals surface area (Å²) in [6, 6.07) is 6.62. The zero-order valence-corrected chi connectivity index (χ0v) is 15.6. The fourth-order valence-corrected chi connectivity index (χ4v) is 2.20. The quantitative estimate of drug-likeness (QED) is 0.694. The van der Waals surface area contributed by atoms with Gasteiger partial charge in [0.1, 0.15) is 6.54 Å². The summed E-state index contributed by atoms with van der Waals surface area (Å²) in [5.74, 6) is 0.372. The number of carbonyl (C=O) groups is 2. The van der Waals surface area contributed by atoms with Gasteiger partial charge < -0.3 is 24.4 Å². The zero-order valence-electron chi connectivity index (χ0n) is 15.6. The smallest absolute Gasteiger partial charge is 0.326 e. The number of anilines is 2. The number of nitrogens with one attached hydrogen (secondary N) is 1. The molecule has 1 heterocycles. The topological polar surface area (TPSA) is 103 Å². The molecule has 0 saturated heterocycles. The normalized spacial score (nSPS) is 11.3. The van der Waals surface area contributed by atoms with Gasteiger partial charge in [-0.3, -0.25) is 9.59 Å². The van der Waals surface area contributed by atoms with Gasteiger partial charge in [-0.1, -0.05) is 0 Å². The second-order valence-corrected chi connectivity index (χ2v) is 5.60. The minimum Gasteiger partial charge on any atom is -0.493 e. The molecule has 9 heteroatoms. The van der Waals surface area contributed by atoms with Crippen molar-refractivity contribution < 1.29 is 23.8 Å². The molecule has 0 spiro atoms. The lowest BCUT2D eigenvalue weighted by atomic mass is 10.2. The second-order valence-electron chi connectivity index (χ2n) is 5.60. The van der Waals surface area contributed by atoms with Gasteiger partial charge >= 0.3 is 5.97 Å². The highest BCUT2D eigenvalue weighted by Crippen LogP contribution is 2.29. The van der Waals surface area contributed by atoms with Crippen molar-refractivity contribution in [2.75, 3.05) is 38.0 Å². The van der Waals surface area contributed by atoms with Crippen LogP contribution in [-0.2, 0) is 14.3 Å². The molecule has 1 aromatic heterocycles. The molecule has 1 aromatic carbocycles. The summed E-state index contributed by atoms with van der Waals surface area (Å²) in [7, 11) is 4.68. The van der Waals surface area contributed by atoms with Crippen LogP contribution in [0.25, 0.3) is 0 Å². The summed E-state index contributed by atoms with van der Waals surface area (Å²) < 4.78 is 15.5. The Morgan fingerprint density at radius 2 is 1.81 bits per heavy atom. The van der Waals surface area contributed by atoms with Crippen molar-refractivity contribution >= 4 is 23.5 Å². The van der Waals surface area contributed by atoms with Crippen molar-refractivity contribution in [3.63, 3.8) is 0 Å². The average Bonchev–Trinajstić information content (AvgIpc) is 2.68. The molecule has 1 N–H and O–H groups in total. The fraction of sp³-hybridized carbons (Fsp3) is 0.333. The second kappa shape index (κ2) is 9.37. The molecule has 0 aliphatic heterocycles. The summed E-state index contributed by atoms with van der Waals surface area (Å²) in [5.41, 5.74) is 0.496. The van der Waals surface area contributed by atoms with Crippen molar-refractivity contribution in [3.8, 4) is 11.5 Å². The number of benzene rings is 1. The van der Waals surface area contributed by atoms with E-state index < -0.39 is 18.0 Å². The van der Waals surface area contributed by atoms with Crippen LogP contribution in [0, 0.1) is 0 Å². The van der Waals surface area contributed by atoms with Gasteiger partial charge in [0.2, 0.25) is 5.95 Å². The highest BCUT2D eigenvalue weighted by molar-refractivity contribution is 5.95. The molecule has 1 unspecified atom stereocenters. The number of rotatable bonds is 8. The van der Waals surface area contributed by atoms with E-state index in [4.69, 9.17) is 14.2 Å². The Kier molecular flexibility index (Phi) is 6.93. The number of hydrogen-bond acceptors (Lipinski definition) is 8. The number of carbonyl (C=O) groups excluding carboxylic acids is 2. The molecular weight excluding hydrogens is 352 g/mol. The number of methoxy groups -OCH3 is 2. The van der Waals surface area contributed by atoms with Crippen LogP contribution in [0.3, 0.4) is 0 Å². The largest absolute Gasteiger partial charge is 0.493 e. The molecule has 2 aromatic rings. The van der Waals surface area contributed by atoms with Crippen LogP contribution in [0.15, 0.2) is 36.7 Å². The molecule has 0 saturated carbocycles. The highest BCUT2D eigenvalue weighted by Gasteiger charge is 2.20. The lowest BCUT2D eigenvalue weighted by molar-refractivity contribution is -0.151. The Hall–Kier alpha value is -3.36. The lowest BCUT2D eigenvalue weighted by Crippen LogP contribution is -2.35. The van der Waals surface area contributed by atoms with E-state index in [0.717, 1.165) is 0 Å². The van der Waals surface area contributed by atoms with Crippen LogP contribution in [0.5, 0.6) is 11.5 Å². The van der Waals surface area contributed by atoms with Crippen molar-refractivity contribution in [1.29, 1.82) is 0 Å². The molecule has 0 aliphatic rings. The van der Waals surface area contributed by atoms with E-state index in [1.807, 2.05) is 0 Å². The summed E-state index contributed by atoms with van der Waals surface area (Å²) in [6.07, 6.45) is 2.17. The minimum absolute atomic E-state index is 0.0853. The van der Waals surface area contributed by atoms with Gasteiger partial charge in [-0.2, -0.15) is 0 Å². The summed E-state index contributed by atoms with van der Waals surface area (Å²) in [5, 5.41) is 2.67. The number of ether oxygens (including phenoxy) is 3. The standard InChI is InChI=1S/C18H22N4O5/c1-12(27-16(23)11-22(2)18-19-8-5-9-20-18)17(24)21-13-6-7-14(25-3)15(10-13)26-4/h5-10,12H,11H2,1-4H3,(H,21,24). The first kappa shape index (κ1) is 20.0. The van der Waals surface area contributed by atoms with Gasteiger partial charge in [0.15, 0.2) is 17.6 Å². The number of aromatic nitrogens is 2. The predicted molar refractivity (Wildman–Crippen MR) is 99.0 cm³/mol. The number of esters is 1. The van der Waals surface area contributed by atoms with Gasteiger partial charge in [0.25, 0.3) is 5.91 Å². The number of amides is 1. The fourth-order valence-electron chi connectivity index (χ4n) is 2.20. The number of hydrogen-bond donors (Lipinski definition) is 1. The first-order valence-corrected chi connectivity index (χ1v) is 8.15. The molecule has 2 rings (SSSR count). The highest BCUT2D eigenvalue weighted by atomic mass is 16.5. The first-order chi connectivity index (χ1) is 12.9. The van der Waals surface area contributed by atoms with E-state index in [-0.39, 0.29) is 6.54 Å². The Balaban J connectivity index is 1.90. The molecule has 9 nitrogen and oxygen atoms in total. The molecule has 144 valence electrons. The van der Waals surface area contributed by atoms with E-state index in [1.54, 1.807) is 43.7 Å². The molecule has 27 heavy (non-hydrogen) atoms. The van der Waals surface area contributed by atoms with Crippen molar-refractivity contribution in [1.82, 2.24) is 9.97 Å². The van der Waals surface area contributed by atoms with Crippen molar-refractivity contribution in [2.45, 2.75) is 13.0 Å². The van der Waals surface area contributed by atoms with Gasteiger partial charge in [0.05, 0.1) is 14.2 Å². The van der Waals surface area contributed by atoms with Crippen LogP contribution < -0.4 is 19.7 Å². The summed E-state index contributed by atoms with van der Waals surface area (Å²) >= 11 is 0. The summed E-state index contributed by atoms with van der Waals surface area (Å²) in [6.45, 7) is 1.41. The lowest BCUT2D eigenvalue weighted by Gasteiger charge is -2.18. The van der Waals surface area contributed by atoms with E-state index in [2.05, 4.69) is 15.3 Å². The number of nitrogens with zero attached hydrogens (tertiary/aromatic N) is 3. The average molecular weight is 374 g/mol. The SMILES string of the molecule is COc1ccc(NC(=O)C(C)OC(=O)CN(C)c2ncccn2)cc1OC. The third-order valence-corrected chi connectivity index (χ3v) is 3.59. The maximum absolute atomic E-state index is 12.3. The van der Waals surface area contributed by atoms with Gasteiger partial charge in [-0.15, -0.1) is 0 Å². The van der Waals surface area contributed by atoms with Gasteiger partial charge in [-0.25, -0.2) is 9.97 Å². The van der Waals surface area contributed by atoms with Gasteiger partial charge in [0, 0.05) is 31.2 Å². The molecule has 0 radical (unpaired) electrons. The van der Waals surface area contributed by atoms with Crippen LogP contribution >= 0.6 is 0 Å². The monoisotopic (exact) mass is 374 g/mol. The van der Waals surface area contributed by atoms with Crippen molar-refractivity contribution in [3.05, 3.63) is 36.7 Å². The Morgan fingerprint density at radius 3 is 2.44 bits per heavy atom. The van der Waals surface area contributed by atoms with Crippen LogP contribution in [-0.4, -0.2) is 55.8 Å². The Labute approximate surface area is 157 Å². The van der Waals surface area contributed by atoms with E-state index in [9.17, 15) is 9.59 Å². The minimum atomic E-state index is -0.976. The third-order valence-electron chi connectivity index (χ3n) is 3.59. The predicted octanol–water partition coefficient (Wildman–Crippen LogP) is 1.50. The van der Waals surface area contributed by atoms with Crippen LogP contribution in [0.2, 0.25) is 0 Å². The molecule has 1 atom stereocenters. The van der Waals surface area contributed by atoms with E-state index >= 15 is 0 Å². The van der Waals surface area contributed by atoms with Crippen LogP contribution in [0.1, 0.15) is 6.92 Å². The first-order valence-electron chi connectivity index (χ1n) is 8.15. The number of likely N-dealkylation sites (N-methyl/N-ethyl adjacent to an activating group) is 1. The maximum Gasteiger partial charge on any atom is 0.326 e. The maximum atomic E-state index is 12.3. The van der Waals surface area contributed by atoms with Crippen molar-refractivity contribution in [2.24, 2.45) is 0 Å². The Bertz CT molecular complexity index is 785. The summed E-state index contributed by atoms with van der Waals surface area (Å²) in [4.78, 5) is 33.9. The van der Waals surface area contributed by atoms with Crippen LogP contribution in [0.4, 0.5) is 11.6 Å². The van der Waals surface area contributed by atoms with Gasteiger partial charge in [-0.05, 0) is 25.1 Å². The zero-order chi connectivity index (χ0) is 19.8. The molecular formula is C18H22N4O5. The molecule has 0 bridgehead atoms. The Morgan fingerprint density at radius 1 is 1.15 bits per heavy atom.